The van der Waals surface area contributed by atoms with E-state index in [1.54, 1.807) is 6.08 Å². The first-order chi connectivity index (χ1) is 11.8. The van der Waals surface area contributed by atoms with E-state index in [-0.39, 0.29) is 11.6 Å². The molecule has 1 fully saturated rings. The molecule has 2 rings (SSSR count). The van der Waals surface area contributed by atoms with Crippen molar-refractivity contribution >= 4 is 5.97 Å². The third-order valence-electron chi connectivity index (χ3n) is 5.56. The van der Waals surface area contributed by atoms with E-state index in [9.17, 15) is 4.79 Å². The molecule has 3 nitrogen and oxygen atoms in total. The van der Waals surface area contributed by atoms with Crippen LogP contribution in [0.3, 0.4) is 0 Å². The van der Waals surface area contributed by atoms with Gasteiger partial charge < -0.3 is 10.1 Å². The first kappa shape index (κ1) is 19.3. The molecule has 0 saturated heterocycles. The Morgan fingerprint density at radius 3 is 2.12 bits per heavy atom. The van der Waals surface area contributed by atoms with E-state index in [4.69, 9.17) is 4.74 Å². The number of carbonyl (C=O) groups excluding carboxylic acids is 1. The molecule has 1 aliphatic heterocycles. The van der Waals surface area contributed by atoms with E-state index in [1.165, 1.54) is 83.5 Å². The quantitative estimate of drug-likeness (QED) is 0.370. The lowest BCUT2D eigenvalue weighted by Gasteiger charge is -2.34. The maximum atomic E-state index is 11.7. The van der Waals surface area contributed by atoms with Crippen LogP contribution >= 0.6 is 0 Å². The van der Waals surface area contributed by atoms with Gasteiger partial charge in [0.15, 0.2) is 5.60 Å². The molecule has 24 heavy (non-hydrogen) atoms. The predicted octanol–water partition coefficient (Wildman–Crippen LogP) is 5.64. The SMILES string of the molecule is CCCCCCCCCCCCNC1=CC(=O)OC12CCCCC2. The van der Waals surface area contributed by atoms with Crippen LogP contribution in [0.2, 0.25) is 0 Å². The summed E-state index contributed by atoms with van der Waals surface area (Å²) in [6.07, 6.45) is 20.9. The Labute approximate surface area is 148 Å². The van der Waals surface area contributed by atoms with Crippen molar-refractivity contribution < 1.29 is 9.53 Å². The van der Waals surface area contributed by atoms with Gasteiger partial charge in [0.2, 0.25) is 0 Å². The normalized spacial score (nSPS) is 19.4. The van der Waals surface area contributed by atoms with Gasteiger partial charge in [-0.15, -0.1) is 0 Å². The lowest BCUT2D eigenvalue weighted by molar-refractivity contribution is -0.148. The van der Waals surface area contributed by atoms with Crippen LogP contribution in [0.15, 0.2) is 11.8 Å². The van der Waals surface area contributed by atoms with Crippen molar-refractivity contribution in [1.82, 2.24) is 5.32 Å². The molecule has 0 aromatic rings. The number of hydrogen-bond acceptors (Lipinski definition) is 3. The molecule has 2 aliphatic rings. The molecule has 0 atom stereocenters. The molecule has 1 N–H and O–H groups in total. The Morgan fingerprint density at radius 2 is 1.50 bits per heavy atom. The van der Waals surface area contributed by atoms with Crippen molar-refractivity contribution in [3.05, 3.63) is 11.8 Å². The molecule has 0 unspecified atom stereocenters. The van der Waals surface area contributed by atoms with Gasteiger partial charge in [0.05, 0.1) is 5.70 Å². The van der Waals surface area contributed by atoms with Gasteiger partial charge in [0, 0.05) is 12.6 Å². The van der Waals surface area contributed by atoms with Gasteiger partial charge in [-0.05, 0) is 32.1 Å². The summed E-state index contributed by atoms with van der Waals surface area (Å²) in [6.45, 7) is 3.24. The van der Waals surface area contributed by atoms with Crippen LogP contribution in [-0.4, -0.2) is 18.1 Å². The number of nitrogens with one attached hydrogen (secondary N) is 1. The molecule has 0 aromatic heterocycles. The van der Waals surface area contributed by atoms with Gasteiger partial charge in [0.1, 0.15) is 0 Å². The molecule has 1 spiro atoms. The van der Waals surface area contributed by atoms with E-state index in [1.807, 2.05) is 0 Å². The lowest BCUT2D eigenvalue weighted by atomic mass is 9.83. The molecular weight excluding hydrogens is 298 g/mol. The number of esters is 1. The molecule has 0 aromatic carbocycles. The summed E-state index contributed by atoms with van der Waals surface area (Å²) in [5, 5.41) is 3.51. The summed E-state index contributed by atoms with van der Waals surface area (Å²) in [4.78, 5) is 11.7. The smallest absolute Gasteiger partial charge is 0.333 e. The second kappa shape index (κ2) is 10.8. The zero-order chi connectivity index (χ0) is 17.1. The summed E-state index contributed by atoms with van der Waals surface area (Å²) in [5.74, 6) is -0.150. The van der Waals surface area contributed by atoms with Crippen LogP contribution in [0.5, 0.6) is 0 Å². The van der Waals surface area contributed by atoms with E-state index in [0.717, 1.165) is 25.1 Å². The second-order valence-corrected chi connectivity index (χ2v) is 7.64. The fourth-order valence-electron chi connectivity index (χ4n) is 4.07. The average molecular weight is 336 g/mol. The summed E-state index contributed by atoms with van der Waals surface area (Å²) >= 11 is 0. The van der Waals surface area contributed by atoms with E-state index in [0.29, 0.717) is 0 Å². The molecule has 1 heterocycles. The number of ether oxygens (including phenoxy) is 1. The first-order valence-electron chi connectivity index (χ1n) is 10.5. The highest BCUT2D eigenvalue weighted by atomic mass is 16.6. The Bertz CT molecular complexity index is 397. The van der Waals surface area contributed by atoms with Gasteiger partial charge in [0.25, 0.3) is 0 Å². The zero-order valence-electron chi connectivity index (χ0n) is 15.7. The van der Waals surface area contributed by atoms with Gasteiger partial charge in [-0.3, -0.25) is 0 Å². The van der Waals surface area contributed by atoms with Crippen LogP contribution in [0.1, 0.15) is 103 Å². The van der Waals surface area contributed by atoms with Gasteiger partial charge in [-0.25, -0.2) is 4.79 Å². The fourth-order valence-corrected chi connectivity index (χ4v) is 4.07. The van der Waals surface area contributed by atoms with Crippen LogP contribution < -0.4 is 5.32 Å². The molecular formula is C21H37NO2. The molecule has 0 bridgehead atoms. The molecule has 138 valence electrons. The number of carbonyl (C=O) groups is 1. The average Bonchev–Trinajstić information content (AvgIpc) is 2.88. The molecule has 0 amide bonds. The minimum Gasteiger partial charge on any atom is -0.449 e. The highest BCUT2D eigenvalue weighted by molar-refractivity contribution is 5.86. The van der Waals surface area contributed by atoms with Crippen molar-refractivity contribution in [2.24, 2.45) is 0 Å². The summed E-state index contributed by atoms with van der Waals surface area (Å²) in [7, 11) is 0. The van der Waals surface area contributed by atoms with Crippen LogP contribution in [-0.2, 0) is 9.53 Å². The molecule has 3 heteroatoms. The predicted molar refractivity (Wildman–Crippen MR) is 99.8 cm³/mol. The van der Waals surface area contributed by atoms with Crippen molar-refractivity contribution in [1.29, 1.82) is 0 Å². The third kappa shape index (κ3) is 6.14. The Kier molecular flexibility index (Phi) is 8.69. The van der Waals surface area contributed by atoms with E-state index in [2.05, 4.69) is 12.2 Å². The lowest BCUT2D eigenvalue weighted by Crippen LogP contribution is -2.40. The molecule has 1 aliphatic carbocycles. The van der Waals surface area contributed by atoms with Gasteiger partial charge >= 0.3 is 5.97 Å². The number of unbranched alkanes of at least 4 members (excludes halogenated alkanes) is 9. The zero-order valence-corrected chi connectivity index (χ0v) is 15.7. The second-order valence-electron chi connectivity index (χ2n) is 7.64. The molecule has 0 radical (unpaired) electrons. The highest BCUT2D eigenvalue weighted by Crippen LogP contribution is 2.39. The highest BCUT2D eigenvalue weighted by Gasteiger charge is 2.43. The minimum atomic E-state index is -0.298. The largest absolute Gasteiger partial charge is 0.449 e. The van der Waals surface area contributed by atoms with Crippen molar-refractivity contribution in [2.75, 3.05) is 6.54 Å². The van der Waals surface area contributed by atoms with Gasteiger partial charge in [-0.1, -0.05) is 71.1 Å². The van der Waals surface area contributed by atoms with Crippen LogP contribution in [0, 0.1) is 0 Å². The Balaban J connectivity index is 1.51. The monoisotopic (exact) mass is 335 g/mol. The first-order valence-corrected chi connectivity index (χ1v) is 10.5. The van der Waals surface area contributed by atoms with Gasteiger partial charge in [-0.2, -0.15) is 0 Å². The fraction of sp³-hybridized carbons (Fsp3) is 0.857. The molecule has 1 saturated carbocycles. The third-order valence-corrected chi connectivity index (χ3v) is 5.56. The van der Waals surface area contributed by atoms with E-state index >= 15 is 0 Å². The van der Waals surface area contributed by atoms with Crippen molar-refractivity contribution in [3.8, 4) is 0 Å². The number of rotatable bonds is 12. The Morgan fingerprint density at radius 1 is 0.917 bits per heavy atom. The standard InChI is InChI=1S/C21H37NO2/c1-2-3-4-5-6-7-8-9-10-14-17-22-19-18-20(23)24-21(19)15-12-11-13-16-21/h18,22H,2-17H2,1H3. The topological polar surface area (TPSA) is 38.3 Å². The van der Waals surface area contributed by atoms with Crippen molar-refractivity contribution in [2.45, 2.75) is 109 Å². The van der Waals surface area contributed by atoms with Crippen LogP contribution in [0.25, 0.3) is 0 Å². The minimum absolute atomic E-state index is 0.150. The summed E-state index contributed by atoms with van der Waals surface area (Å²) in [5.41, 5.74) is 0.761. The van der Waals surface area contributed by atoms with Crippen LogP contribution in [0.4, 0.5) is 0 Å². The van der Waals surface area contributed by atoms with E-state index < -0.39 is 0 Å². The summed E-state index contributed by atoms with van der Waals surface area (Å²) < 4.78 is 5.66. The summed E-state index contributed by atoms with van der Waals surface area (Å²) in [6, 6.07) is 0. The maximum Gasteiger partial charge on any atom is 0.333 e. The maximum absolute atomic E-state index is 11.7. The van der Waals surface area contributed by atoms with Crippen molar-refractivity contribution in [3.63, 3.8) is 0 Å². The number of hydrogen-bond donors (Lipinski definition) is 1. The Hall–Kier alpha value is -0.990.